The second kappa shape index (κ2) is 10.6. The van der Waals surface area contributed by atoms with Crippen LogP contribution in [-0.4, -0.2) is 45.1 Å². The molecular formula is C32H30ClF3N4O4S. The summed E-state index contributed by atoms with van der Waals surface area (Å²) in [6, 6.07) is 11.1. The van der Waals surface area contributed by atoms with Crippen molar-refractivity contribution in [2.75, 3.05) is 4.90 Å². The van der Waals surface area contributed by atoms with Gasteiger partial charge in [0.05, 0.1) is 9.72 Å². The van der Waals surface area contributed by atoms with E-state index >= 15 is 0 Å². The molecule has 4 aliphatic rings. The predicted octanol–water partition coefficient (Wildman–Crippen LogP) is 8.15. The van der Waals surface area contributed by atoms with Gasteiger partial charge in [0, 0.05) is 52.8 Å². The molecule has 2 saturated heterocycles. The largest absolute Gasteiger partial charge is 0.573 e. The molecular weight excluding hydrogens is 629 g/mol. The fourth-order valence-corrected chi connectivity index (χ4v) is 9.32. The van der Waals surface area contributed by atoms with Crippen molar-refractivity contribution < 1.29 is 32.3 Å². The number of carboxylic acid groups (broad SMARTS) is 1. The summed E-state index contributed by atoms with van der Waals surface area (Å²) in [7, 11) is 0. The number of para-hydroxylation sites is 1. The lowest BCUT2D eigenvalue weighted by Crippen LogP contribution is -2.57. The first-order valence-corrected chi connectivity index (χ1v) is 16.4. The monoisotopic (exact) mass is 658 g/mol. The van der Waals surface area contributed by atoms with E-state index in [1.807, 2.05) is 12.1 Å². The topological polar surface area (TPSA) is 101 Å². The SMILES string of the molecule is O=C(O)c1nsc2cc(N3C4CCC3CC3(CC(NCc5c(-c6ccccc6OC(F)(F)F)noc5C5CC5)C3)C4)cc(Cl)c12. The molecule has 2 saturated carbocycles. The molecule has 4 fully saturated rings. The number of halogens is 4. The Morgan fingerprint density at radius 2 is 1.87 bits per heavy atom. The third-order valence-corrected chi connectivity index (χ3v) is 11.1. The number of nitrogens with zero attached hydrogens (tertiary/aromatic N) is 3. The number of ether oxygens (including phenoxy) is 1. The van der Waals surface area contributed by atoms with E-state index < -0.39 is 12.3 Å². The van der Waals surface area contributed by atoms with E-state index in [2.05, 4.69) is 24.5 Å². The average molecular weight is 659 g/mol. The lowest BCUT2D eigenvalue weighted by atomic mass is 9.58. The highest BCUT2D eigenvalue weighted by molar-refractivity contribution is 7.13. The molecule has 236 valence electrons. The van der Waals surface area contributed by atoms with Gasteiger partial charge in [0.25, 0.3) is 0 Å². The molecule has 2 unspecified atom stereocenters. The Balaban J connectivity index is 0.962. The van der Waals surface area contributed by atoms with Gasteiger partial charge >= 0.3 is 12.3 Å². The lowest BCUT2D eigenvalue weighted by molar-refractivity contribution is -0.274. The molecule has 45 heavy (non-hydrogen) atoms. The van der Waals surface area contributed by atoms with Crippen molar-refractivity contribution in [3.8, 4) is 17.0 Å². The van der Waals surface area contributed by atoms with Crippen LogP contribution < -0.4 is 15.0 Å². The van der Waals surface area contributed by atoms with Crippen molar-refractivity contribution in [1.29, 1.82) is 0 Å². The Hall–Kier alpha value is -3.35. The molecule has 2 aliphatic heterocycles. The summed E-state index contributed by atoms with van der Waals surface area (Å²) in [5.41, 5.74) is 2.77. The zero-order valence-electron chi connectivity index (χ0n) is 24.1. The molecule has 2 bridgehead atoms. The Morgan fingerprint density at radius 1 is 1.13 bits per heavy atom. The number of carboxylic acids is 1. The fraction of sp³-hybridized carbons (Fsp3) is 0.469. The van der Waals surface area contributed by atoms with Gasteiger partial charge in [0.2, 0.25) is 0 Å². The number of aromatic nitrogens is 2. The zero-order chi connectivity index (χ0) is 31.1. The van der Waals surface area contributed by atoms with E-state index in [-0.39, 0.29) is 28.3 Å². The number of nitrogens with one attached hydrogen (secondary N) is 1. The van der Waals surface area contributed by atoms with Gasteiger partial charge in [-0.15, -0.1) is 13.2 Å². The summed E-state index contributed by atoms with van der Waals surface area (Å²) in [5, 5.41) is 18.3. The van der Waals surface area contributed by atoms with Crippen LogP contribution in [0.2, 0.25) is 5.02 Å². The predicted molar refractivity (Wildman–Crippen MR) is 163 cm³/mol. The molecule has 4 heterocycles. The molecule has 2 aliphatic carbocycles. The number of anilines is 1. The Kier molecular flexibility index (Phi) is 6.85. The maximum Gasteiger partial charge on any atom is 0.573 e. The van der Waals surface area contributed by atoms with Gasteiger partial charge in [-0.05, 0) is 92.6 Å². The highest BCUT2D eigenvalue weighted by atomic mass is 35.5. The van der Waals surface area contributed by atoms with E-state index in [4.69, 9.17) is 16.1 Å². The van der Waals surface area contributed by atoms with E-state index in [1.165, 1.54) is 23.7 Å². The second-order valence-electron chi connectivity index (χ2n) is 13.0. The highest BCUT2D eigenvalue weighted by Crippen LogP contribution is 2.57. The van der Waals surface area contributed by atoms with Crippen LogP contribution in [0.1, 0.15) is 79.1 Å². The number of aromatic carboxylic acids is 1. The maximum atomic E-state index is 13.1. The highest BCUT2D eigenvalue weighted by Gasteiger charge is 2.54. The van der Waals surface area contributed by atoms with Gasteiger partial charge < -0.3 is 24.6 Å². The summed E-state index contributed by atoms with van der Waals surface area (Å²) in [5.74, 6) is -0.357. The number of fused-ring (bicyclic) bond motifs is 3. The minimum atomic E-state index is -4.81. The molecule has 1 spiro atoms. The van der Waals surface area contributed by atoms with Crippen molar-refractivity contribution in [2.45, 2.75) is 88.3 Å². The van der Waals surface area contributed by atoms with E-state index in [9.17, 15) is 23.1 Å². The summed E-state index contributed by atoms with van der Waals surface area (Å²) in [6.45, 7) is 0.469. The zero-order valence-corrected chi connectivity index (χ0v) is 25.6. The minimum absolute atomic E-state index is 0.00144. The average Bonchev–Trinajstić information content (AvgIpc) is 3.46. The molecule has 4 aromatic rings. The second-order valence-corrected chi connectivity index (χ2v) is 14.2. The minimum Gasteiger partial charge on any atom is -0.476 e. The first kappa shape index (κ1) is 29.1. The molecule has 0 amide bonds. The lowest BCUT2D eigenvalue weighted by Gasteiger charge is -2.56. The van der Waals surface area contributed by atoms with Crippen molar-refractivity contribution >= 4 is 44.9 Å². The number of piperidine rings is 1. The Labute approximate surface area is 265 Å². The van der Waals surface area contributed by atoms with Crippen molar-refractivity contribution in [1.82, 2.24) is 14.8 Å². The van der Waals surface area contributed by atoms with Crippen molar-refractivity contribution in [3.63, 3.8) is 0 Å². The molecule has 0 radical (unpaired) electrons. The summed E-state index contributed by atoms with van der Waals surface area (Å²) >= 11 is 7.77. The number of rotatable bonds is 8. The van der Waals surface area contributed by atoms with Crippen molar-refractivity contribution in [2.24, 2.45) is 5.41 Å². The van der Waals surface area contributed by atoms with E-state index in [0.717, 1.165) is 73.1 Å². The molecule has 8 rings (SSSR count). The fourth-order valence-electron chi connectivity index (χ4n) is 8.13. The molecule has 8 nitrogen and oxygen atoms in total. The third kappa shape index (κ3) is 5.24. The Morgan fingerprint density at radius 3 is 2.56 bits per heavy atom. The molecule has 2 aromatic heterocycles. The van der Waals surface area contributed by atoms with Crippen LogP contribution in [0.5, 0.6) is 5.75 Å². The van der Waals surface area contributed by atoms with Crippen molar-refractivity contribution in [3.05, 3.63) is 58.4 Å². The van der Waals surface area contributed by atoms with Gasteiger partial charge in [0.15, 0.2) is 5.69 Å². The van der Waals surface area contributed by atoms with Gasteiger partial charge in [-0.3, -0.25) is 0 Å². The van der Waals surface area contributed by atoms with Gasteiger partial charge in [-0.25, -0.2) is 4.79 Å². The van der Waals surface area contributed by atoms with Crippen LogP contribution >= 0.6 is 23.1 Å². The third-order valence-electron chi connectivity index (χ3n) is 10.0. The number of hydrogen-bond acceptors (Lipinski definition) is 8. The van der Waals surface area contributed by atoms with Crippen LogP contribution in [0.25, 0.3) is 21.3 Å². The van der Waals surface area contributed by atoms with Crippen LogP contribution in [0, 0.1) is 5.41 Å². The number of benzene rings is 2. The first-order valence-electron chi connectivity index (χ1n) is 15.2. The summed E-state index contributed by atoms with van der Waals surface area (Å²) < 4.78 is 54.4. The smallest absolute Gasteiger partial charge is 0.476 e. The normalized spacial score (nSPS) is 26.0. The van der Waals surface area contributed by atoms with Crippen LogP contribution in [-0.2, 0) is 6.54 Å². The first-order chi connectivity index (χ1) is 21.6. The van der Waals surface area contributed by atoms with Crippen LogP contribution in [0.4, 0.5) is 18.9 Å². The van der Waals surface area contributed by atoms with Gasteiger partial charge in [-0.1, -0.05) is 28.9 Å². The van der Waals surface area contributed by atoms with Crippen LogP contribution in [0.15, 0.2) is 40.9 Å². The van der Waals surface area contributed by atoms with Crippen LogP contribution in [0.3, 0.4) is 0 Å². The summed E-state index contributed by atoms with van der Waals surface area (Å²) in [6.07, 6.45) is 3.61. The maximum absolute atomic E-state index is 13.1. The standard InChI is InChI=1S/C32H30ClF3N4O4S/c33-23-9-20(10-25-26(23)28(30(41)42)39-45-25)40-18-7-8-19(40)14-31(13-18)11-17(12-31)37-15-22-27(38-44-29(22)16-5-6-16)21-3-1-2-4-24(21)43-32(34,35)36/h1-4,9-10,16-19,37H,5-8,11-15H2,(H,41,42). The molecule has 13 heteroatoms. The van der Waals surface area contributed by atoms with E-state index in [0.29, 0.717) is 40.8 Å². The Bertz CT molecular complexity index is 1780. The number of alkyl halides is 3. The van der Waals surface area contributed by atoms with E-state index in [1.54, 1.807) is 12.1 Å². The summed E-state index contributed by atoms with van der Waals surface area (Å²) in [4.78, 5) is 14.1. The molecule has 2 aromatic carbocycles. The number of hydrogen-bond donors (Lipinski definition) is 2. The van der Waals surface area contributed by atoms with Gasteiger partial charge in [-0.2, -0.15) is 4.37 Å². The molecule has 2 N–H and O–H groups in total. The number of carbonyl (C=O) groups is 1. The molecule has 2 atom stereocenters. The quantitative estimate of drug-likeness (QED) is 0.196. The van der Waals surface area contributed by atoms with Gasteiger partial charge in [0.1, 0.15) is 17.2 Å².